The predicted octanol–water partition coefficient (Wildman–Crippen LogP) is 0.244. The van der Waals surface area contributed by atoms with Gasteiger partial charge in [0.1, 0.15) is 0 Å². The second-order valence-corrected chi connectivity index (χ2v) is 2.95. The first kappa shape index (κ1) is 6.67. The molecule has 0 aliphatic heterocycles. The number of nitrogens with one attached hydrogen (secondary N) is 2. The molecule has 4 heteroatoms. The first-order valence-corrected chi connectivity index (χ1v) is 3.87. The molecule has 0 atom stereocenters. The largest absolute Gasteiger partial charge is 0.369 e. The van der Waals surface area contributed by atoms with Gasteiger partial charge in [-0.15, -0.1) is 0 Å². The summed E-state index contributed by atoms with van der Waals surface area (Å²) in [4.78, 5) is 6.86. The summed E-state index contributed by atoms with van der Waals surface area (Å²) in [5, 5.41) is 3.36. The fourth-order valence-electron chi connectivity index (χ4n) is 1.01. The third kappa shape index (κ3) is 1.71. The minimum Gasteiger partial charge on any atom is -0.369 e. The SMILES string of the molecule is Nc1ncc(CNC2CC2)[nH]1. The van der Waals surface area contributed by atoms with E-state index in [0.29, 0.717) is 5.95 Å². The minimum absolute atomic E-state index is 0.498. The van der Waals surface area contributed by atoms with E-state index in [9.17, 15) is 0 Å². The Kier molecular flexibility index (Phi) is 1.54. The van der Waals surface area contributed by atoms with Gasteiger partial charge in [-0.3, -0.25) is 0 Å². The van der Waals surface area contributed by atoms with Crippen LogP contribution in [0.2, 0.25) is 0 Å². The molecule has 0 aromatic carbocycles. The van der Waals surface area contributed by atoms with Crippen molar-refractivity contribution in [3.63, 3.8) is 0 Å². The van der Waals surface area contributed by atoms with Crippen molar-refractivity contribution in [2.45, 2.75) is 25.4 Å². The number of H-pyrrole nitrogens is 1. The molecule has 1 fully saturated rings. The van der Waals surface area contributed by atoms with E-state index in [1.54, 1.807) is 6.20 Å². The van der Waals surface area contributed by atoms with Crippen LogP contribution >= 0.6 is 0 Å². The fraction of sp³-hybridized carbons (Fsp3) is 0.571. The number of hydrogen-bond donors (Lipinski definition) is 3. The molecule has 4 N–H and O–H groups in total. The van der Waals surface area contributed by atoms with E-state index >= 15 is 0 Å². The van der Waals surface area contributed by atoms with Crippen LogP contribution in [0.4, 0.5) is 5.95 Å². The Morgan fingerprint density at radius 3 is 3.09 bits per heavy atom. The number of rotatable bonds is 3. The van der Waals surface area contributed by atoms with Crippen LogP contribution in [-0.2, 0) is 6.54 Å². The Bertz CT molecular complexity index is 238. The van der Waals surface area contributed by atoms with Crippen molar-refractivity contribution in [2.75, 3.05) is 5.73 Å². The van der Waals surface area contributed by atoms with Gasteiger partial charge >= 0.3 is 0 Å². The second kappa shape index (κ2) is 2.54. The topological polar surface area (TPSA) is 66.7 Å². The van der Waals surface area contributed by atoms with E-state index in [0.717, 1.165) is 18.3 Å². The lowest BCUT2D eigenvalue weighted by molar-refractivity contribution is 0.677. The molecule has 1 saturated carbocycles. The lowest BCUT2D eigenvalue weighted by Gasteiger charge is -1.97. The summed E-state index contributed by atoms with van der Waals surface area (Å²) in [6.45, 7) is 0.856. The quantitative estimate of drug-likeness (QED) is 0.581. The number of aromatic nitrogens is 2. The number of hydrogen-bond acceptors (Lipinski definition) is 3. The molecule has 1 aromatic heterocycles. The third-order valence-electron chi connectivity index (χ3n) is 1.81. The molecule has 2 rings (SSSR count). The zero-order chi connectivity index (χ0) is 7.68. The van der Waals surface area contributed by atoms with Gasteiger partial charge in [-0.05, 0) is 12.8 Å². The lowest BCUT2D eigenvalue weighted by atomic mass is 10.4. The number of nitrogens with two attached hydrogens (primary N) is 1. The van der Waals surface area contributed by atoms with Gasteiger partial charge in [-0.2, -0.15) is 0 Å². The highest BCUT2D eigenvalue weighted by atomic mass is 15.0. The maximum Gasteiger partial charge on any atom is 0.197 e. The Hall–Kier alpha value is -1.03. The standard InChI is InChI=1S/C7H12N4/c8-7-10-4-6(11-7)3-9-5-1-2-5/h4-5,9H,1-3H2,(H3,8,10,11). The van der Waals surface area contributed by atoms with Crippen molar-refractivity contribution >= 4 is 5.95 Å². The molecule has 0 spiro atoms. The van der Waals surface area contributed by atoms with Crippen LogP contribution in [0.5, 0.6) is 0 Å². The average molecular weight is 152 g/mol. The summed E-state index contributed by atoms with van der Waals surface area (Å²) >= 11 is 0. The fourth-order valence-corrected chi connectivity index (χ4v) is 1.01. The van der Waals surface area contributed by atoms with Crippen molar-refractivity contribution in [1.82, 2.24) is 15.3 Å². The zero-order valence-electron chi connectivity index (χ0n) is 6.30. The van der Waals surface area contributed by atoms with Crippen molar-refractivity contribution in [1.29, 1.82) is 0 Å². The molecule has 0 bridgehead atoms. The Morgan fingerprint density at radius 2 is 2.55 bits per heavy atom. The molecule has 4 nitrogen and oxygen atoms in total. The van der Waals surface area contributed by atoms with E-state index in [4.69, 9.17) is 5.73 Å². The van der Waals surface area contributed by atoms with Crippen LogP contribution in [0.3, 0.4) is 0 Å². The summed E-state index contributed by atoms with van der Waals surface area (Å²) < 4.78 is 0. The highest BCUT2D eigenvalue weighted by Gasteiger charge is 2.20. The maximum absolute atomic E-state index is 5.41. The van der Waals surface area contributed by atoms with Gasteiger partial charge < -0.3 is 16.0 Å². The number of nitrogen functional groups attached to an aromatic ring is 1. The van der Waals surface area contributed by atoms with Crippen LogP contribution < -0.4 is 11.1 Å². The van der Waals surface area contributed by atoms with Crippen LogP contribution in [0.1, 0.15) is 18.5 Å². The third-order valence-corrected chi connectivity index (χ3v) is 1.81. The molecule has 1 aliphatic carbocycles. The van der Waals surface area contributed by atoms with Crippen molar-refractivity contribution in [3.05, 3.63) is 11.9 Å². The smallest absolute Gasteiger partial charge is 0.197 e. The van der Waals surface area contributed by atoms with Crippen molar-refractivity contribution in [2.24, 2.45) is 0 Å². The predicted molar refractivity (Wildman–Crippen MR) is 42.9 cm³/mol. The average Bonchev–Trinajstić information content (AvgIpc) is 2.72. The summed E-state index contributed by atoms with van der Waals surface area (Å²) in [7, 11) is 0. The Morgan fingerprint density at radius 1 is 1.73 bits per heavy atom. The highest BCUT2D eigenvalue weighted by molar-refractivity contribution is 5.18. The van der Waals surface area contributed by atoms with Crippen LogP contribution in [0.25, 0.3) is 0 Å². The van der Waals surface area contributed by atoms with Crippen LogP contribution in [0.15, 0.2) is 6.20 Å². The Balaban J connectivity index is 1.85. The van der Waals surface area contributed by atoms with Gasteiger partial charge in [0.05, 0.1) is 11.9 Å². The molecule has 1 aliphatic rings. The highest BCUT2D eigenvalue weighted by Crippen LogP contribution is 2.18. The molecular formula is C7H12N4. The zero-order valence-corrected chi connectivity index (χ0v) is 6.30. The summed E-state index contributed by atoms with van der Waals surface area (Å²) in [5.41, 5.74) is 6.47. The van der Waals surface area contributed by atoms with E-state index in [1.807, 2.05) is 0 Å². The summed E-state index contributed by atoms with van der Waals surface area (Å²) in [6, 6.07) is 0.736. The molecule has 11 heavy (non-hydrogen) atoms. The second-order valence-electron chi connectivity index (χ2n) is 2.95. The first-order valence-electron chi connectivity index (χ1n) is 3.87. The molecule has 1 heterocycles. The molecule has 60 valence electrons. The normalized spacial score (nSPS) is 17.1. The molecular weight excluding hydrogens is 140 g/mol. The van der Waals surface area contributed by atoms with E-state index < -0.39 is 0 Å². The van der Waals surface area contributed by atoms with Crippen LogP contribution in [0, 0.1) is 0 Å². The lowest BCUT2D eigenvalue weighted by Crippen LogP contribution is -2.15. The number of imidazole rings is 1. The molecule has 0 radical (unpaired) electrons. The number of nitrogens with zero attached hydrogens (tertiary/aromatic N) is 1. The molecule has 0 amide bonds. The van der Waals surface area contributed by atoms with E-state index in [2.05, 4.69) is 15.3 Å². The maximum atomic E-state index is 5.41. The van der Waals surface area contributed by atoms with E-state index in [1.165, 1.54) is 12.8 Å². The first-order chi connectivity index (χ1) is 5.34. The van der Waals surface area contributed by atoms with Gasteiger partial charge in [0.15, 0.2) is 5.95 Å². The van der Waals surface area contributed by atoms with Gasteiger partial charge in [0.25, 0.3) is 0 Å². The molecule has 0 unspecified atom stereocenters. The number of aromatic amines is 1. The molecule has 1 aromatic rings. The number of anilines is 1. The summed E-state index contributed by atoms with van der Waals surface area (Å²) in [5.74, 6) is 0.498. The monoisotopic (exact) mass is 152 g/mol. The van der Waals surface area contributed by atoms with Gasteiger partial charge in [-0.1, -0.05) is 0 Å². The minimum atomic E-state index is 0.498. The van der Waals surface area contributed by atoms with Crippen molar-refractivity contribution < 1.29 is 0 Å². The van der Waals surface area contributed by atoms with E-state index in [-0.39, 0.29) is 0 Å². The van der Waals surface area contributed by atoms with Crippen LogP contribution in [-0.4, -0.2) is 16.0 Å². The van der Waals surface area contributed by atoms with Gasteiger partial charge in [-0.25, -0.2) is 4.98 Å². The van der Waals surface area contributed by atoms with Gasteiger partial charge in [0.2, 0.25) is 0 Å². The molecule has 0 saturated heterocycles. The van der Waals surface area contributed by atoms with Crippen molar-refractivity contribution in [3.8, 4) is 0 Å². The Labute approximate surface area is 65.2 Å². The van der Waals surface area contributed by atoms with Gasteiger partial charge in [0, 0.05) is 12.6 Å². The summed E-state index contributed by atoms with van der Waals surface area (Å²) in [6.07, 6.45) is 4.39.